The summed E-state index contributed by atoms with van der Waals surface area (Å²) < 4.78 is 44.4. The zero-order valence-corrected chi connectivity index (χ0v) is 10.8. The van der Waals surface area contributed by atoms with Crippen LogP contribution in [0.3, 0.4) is 0 Å². The normalized spacial score (nSPS) is 10.3. The SMILES string of the molecule is COc1ccc(C(=O)C(=O)c2ccc(F)cc2F)cc1F. The topological polar surface area (TPSA) is 43.4 Å². The molecule has 0 N–H and O–H groups in total. The van der Waals surface area contributed by atoms with E-state index in [0.29, 0.717) is 6.07 Å². The standard InChI is InChI=1S/C15H9F3O3/c1-21-13-5-2-8(6-12(13)18)14(19)15(20)10-4-3-9(16)7-11(10)17/h2-7H,1H3. The second kappa shape index (κ2) is 5.78. The lowest BCUT2D eigenvalue weighted by Gasteiger charge is -2.05. The van der Waals surface area contributed by atoms with Gasteiger partial charge in [0.15, 0.2) is 11.6 Å². The Balaban J connectivity index is 2.35. The lowest BCUT2D eigenvalue weighted by Crippen LogP contribution is -2.16. The molecule has 0 spiro atoms. The Hall–Kier alpha value is -2.63. The van der Waals surface area contributed by atoms with Crippen LogP contribution in [0.1, 0.15) is 20.7 Å². The van der Waals surface area contributed by atoms with Crippen LogP contribution in [0.15, 0.2) is 36.4 Å². The maximum atomic E-state index is 13.5. The Labute approximate surface area is 118 Å². The van der Waals surface area contributed by atoms with E-state index in [0.717, 1.165) is 18.2 Å². The predicted molar refractivity (Wildman–Crippen MR) is 68.0 cm³/mol. The highest BCUT2D eigenvalue weighted by molar-refractivity contribution is 6.49. The van der Waals surface area contributed by atoms with E-state index in [1.165, 1.54) is 19.2 Å². The van der Waals surface area contributed by atoms with E-state index in [1.807, 2.05) is 0 Å². The molecule has 6 heteroatoms. The van der Waals surface area contributed by atoms with Gasteiger partial charge in [-0.25, -0.2) is 13.2 Å². The monoisotopic (exact) mass is 294 g/mol. The maximum Gasteiger partial charge on any atom is 0.236 e. The molecule has 2 rings (SSSR count). The number of benzene rings is 2. The molecule has 0 saturated carbocycles. The van der Waals surface area contributed by atoms with Crippen LogP contribution < -0.4 is 4.74 Å². The molecule has 0 unspecified atom stereocenters. The van der Waals surface area contributed by atoms with Crippen LogP contribution in [-0.2, 0) is 0 Å². The number of ketones is 2. The average molecular weight is 294 g/mol. The van der Waals surface area contributed by atoms with Crippen LogP contribution in [0, 0.1) is 17.5 Å². The number of halogens is 3. The van der Waals surface area contributed by atoms with Crippen molar-refractivity contribution in [2.24, 2.45) is 0 Å². The smallest absolute Gasteiger partial charge is 0.236 e. The van der Waals surface area contributed by atoms with Gasteiger partial charge in [-0.15, -0.1) is 0 Å². The summed E-state index contributed by atoms with van der Waals surface area (Å²) in [7, 11) is 1.25. The van der Waals surface area contributed by atoms with Crippen molar-refractivity contribution < 1.29 is 27.5 Å². The first-order chi connectivity index (χ1) is 9.93. The number of ether oxygens (including phenoxy) is 1. The van der Waals surface area contributed by atoms with Gasteiger partial charge in [0.25, 0.3) is 0 Å². The fourth-order valence-corrected chi connectivity index (χ4v) is 1.73. The van der Waals surface area contributed by atoms with E-state index in [9.17, 15) is 22.8 Å². The summed E-state index contributed by atoms with van der Waals surface area (Å²) in [6.07, 6.45) is 0. The van der Waals surface area contributed by atoms with Gasteiger partial charge in [-0.2, -0.15) is 0 Å². The quantitative estimate of drug-likeness (QED) is 0.642. The van der Waals surface area contributed by atoms with Crippen molar-refractivity contribution in [2.45, 2.75) is 0 Å². The molecule has 0 bridgehead atoms. The molecule has 3 nitrogen and oxygen atoms in total. The molecule has 2 aromatic carbocycles. The highest BCUT2D eigenvalue weighted by atomic mass is 19.1. The van der Waals surface area contributed by atoms with Crippen molar-refractivity contribution in [3.8, 4) is 5.75 Å². The van der Waals surface area contributed by atoms with Crippen LogP contribution in [0.25, 0.3) is 0 Å². The summed E-state index contributed by atoms with van der Waals surface area (Å²) >= 11 is 0. The summed E-state index contributed by atoms with van der Waals surface area (Å²) in [5.74, 6) is -5.21. The third-order valence-electron chi connectivity index (χ3n) is 2.80. The number of carbonyl (C=O) groups excluding carboxylic acids is 2. The van der Waals surface area contributed by atoms with Crippen molar-refractivity contribution >= 4 is 11.6 Å². The van der Waals surface area contributed by atoms with Gasteiger partial charge < -0.3 is 4.74 Å². The Morgan fingerprint density at radius 3 is 2.19 bits per heavy atom. The molecule has 0 aliphatic carbocycles. The van der Waals surface area contributed by atoms with Crippen LogP contribution in [0.5, 0.6) is 5.75 Å². The number of carbonyl (C=O) groups is 2. The Morgan fingerprint density at radius 1 is 0.905 bits per heavy atom. The molecule has 0 radical (unpaired) electrons. The molecule has 0 heterocycles. The minimum absolute atomic E-state index is 0.0908. The Morgan fingerprint density at radius 2 is 1.62 bits per heavy atom. The van der Waals surface area contributed by atoms with Crippen LogP contribution in [0.4, 0.5) is 13.2 Å². The molecule has 0 amide bonds. The molecule has 108 valence electrons. The fourth-order valence-electron chi connectivity index (χ4n) is 1.73. The van der Waals surface area contributed by atoms with E-state index < -0.39 is 34.6 Å². The van der Waals surface area contributed by atoms with Crippen molar-refractivity contribution in [1.29, 1.82) is 0 Å². The Kier molecular flexibility index (Phi) is 4.07. The Bertz CT molecular complexity index is 726. The summed E-state index contributed by atoms with van der Waals surface area (Å²) in [6.45, 7) is 0. The van der Waals surface area contributed by atoms with E-state index >= 15 is 0 Å². The predicted octanol–water partition coefficient (Wildman–Crippen LogP) is 3.18. The molecule has 0 aliphatic heterocycles. The van der Waals surface area contributed by atoms with Gasteiger partial charge in [0.2, 0.25) is 11.6 Å². The lowest BCUT2D eigenvalue weighted by molar-refractivity contribution is 0.0814. The minimum Gasteiger partial charge on any atom is -0.494 e. The van der Waals surface area contributed by atoms with Gasteiger partial charge in [-0.3, -0.25) is 9.59 Å². The zero-order valence-electron chi connectivity index (χ0n) is 10.8. The number of Topliss-reactive ketones (excluding diaryl/α,β-unsaturated/α-hetero) is 2. The van der Waals surface area contributed by atoms with E-state index in [2.05, 4.69) is 4.74 Å². The van der Waals surface area contributed by atoms with Crippen LogP contribution in [-0.4, -0.2) is 18.7 Å². The first kappa shape index (κ1) is 14.8. The third kappa shape index (κ3) is 2.94. The number of hydrogen-bond acceptors (Lipinski definition) is 3. The number of rotatable bonds is 4. The first-order valence-electron chi connectivity index (χ1n) is 5.81. The molecular formula is C15H9F3O3. The fraction of sp³-hybridized carbons (Fsp3) is 0.0667. The number of methoxy groups -OCH3 is 1. The second-order valence-corrected chi connectivity index (χ2v) is 4.13. The molecule has 0 atom stereocenters. The van der Waals surface area contributed by atoms with Gasteiger partial charge in [0.1, 0.15) is 11.6 Å². The van der Waals surface area contributed by atoms with Crippen molar-refractivity contribution in [3.63, 3.8) is 0 Å². The summed E-state index contributed by atoms with van der Waals surface area (Å²) in [5.41, 5.74) is -0.820. The number of hydrogen-bond donors (Lipinski definition) is 0. The molecule has 0 saturated heterocycles. The first-order valence-corrected chi connectivity index (χ1v) is 5.81. The highest BCUT2D eigenvalue weighted by Gasteiger charge is 2.22. The van der Waals surface area contributed by atoms with Crippen molar-refractivity contribution in [3.05, 3.63) is 65.0 Å². The van der Waals surface area contributed by atoms with Crippen molar-refractivity contribution in [2.75, 3.05) is 7.11 Å². The summed E-state index contributed by atoms with van der Waals surface area (Å²) in [6, 6.07) is 5.40. The van der Waals surface area contributed by atoms with Crippen molar-refractivity contribution in [1.82, 2.24) is 0 Å². The van der Waals surface area contributed by atoms with Crippen LogP contribution >= 0.6 is 0 Å². The molecule has 0 aromatic heterocycles. The molecule has 0 fully saturated rings. The van der Waals surface area contributed by atoms with Gasteiger partial charge in [-0.05, 0) is 30.3 Å². The van der Waals surface area contributed by atoms with E-state index in [1.54, 1.807) is 0 Å². The van der Waals surface area contributed by atoms with Gasteiger partial charge in [0.05, 0.1) is 12.7 Å². The maximum absolute atomic E-state index is 13.5. The molecule has 2 aromatic rings. The van der Waals surface area contributed by atoms with E-state index in [4.69, 9.17) is 0 Å². The van der Waals surface area contributed by atoms with Gasteiger partial charge >= 0.3 is 0 Å². The van der Waals surface area contributed by atoms with Crippen LogP contribution in [0.2, 0.25) is 0 Å². The van der Waals surface area contributed by atoms with Gasteiger partial charge in [-0.1, -0.05) is 0 Å². The molecule has 21 heavy (non-hydrogen) atoms. The molecule has 0 aliphatic rings. The largest absolute Gasteiger partial charge is 0.494 e. The summed E-state index contributed by atoms with van der Waals surface area (Å²) in [4.78, 5) is 23.8. The average Bonchev–Trinajstić information content (AvgIpc) is 2.45. The highest BCUT2D eigenvalue weighted by Crippen LogP contribution is 2.19. The minimum atomic E-state index is -1.18. The molecular weight excluding hydrogens is 285 g/mol. The zero-order chi connectivity index (χ0) is 15.6. The third-order valence-corrected chi connectivity index (χ3v) is 2.80. The van der Waals surface area contributed by atoms with E-state index in [-0.39, 0.29) is 11.3 Å². The summed E-state index contributed by atoms with van der Waals surface area (Å²) in [5, 5.41) is 0. The van der Waals surface area contributed by atoms with Gasteiger partial charge in [0, 0.05) is 11.6 Å². The second-order valence-electron chi connectivity index (χ2n) is 4.13. The lowest BCUT2D eigenvalue weighted by atomic mass is 10.0.